The van der Waals surface area contributed by atoms with Gasteiger partial charge in [0.05, 0.1) is 16.4 Å². The number of hydrogen-bond acceptors (Lipinski definition) is 4. The molecule has 142 valence electrons. The lowest BCUT2D eigenvalue weighted by Crippen LogP contribution is -2.44. The van der Waals surface area contributed by atoms with Gasteiger partial charge in [-0.15, -0.1) is 24.2 Å². The molecule has 0 bridgehead atoms. The van der Waals surface area contributed by atoms with Crippen LogP contribution in [0.25, 0.3) is 0 Å². The largest absolute Gasteiger partial charge is 0.378 e. The van der Waals surface area contributed by atoms with Gasteiger partial charge in [0.15, 0.2) is 0 Å². The Labute approximate surface area is 170 Å². The Morgan fingerprint density at radius 2 is 2.08 bits per heavy atom. The van der Waals surface area contributed by atoms with Crippen molar-refractivity contribution in [2.75, 3.05) is 26.2 Å². The lowest BCUT2D eigenvalue weighted by Gasteiger charge is -2.33. The summed E-state index contributed by atoms with van der Waals surface area (Å²) in [5, 5.41) is 1.05. The SMILES string of the molecule is CC(Sc1cc(Cl)ccc1Cl)C(=O)N1CCC(OCCCN)CC1.Cl. The predicted octanol–water partition coefficient (Wildman–Crippen LogP) is 4.25. The van der Waals surface area contributed by atoms with Crippen LogP contribution in [-0.2, 0) is 9.53 Å². The molecule has 4 nitrogen and oxygen atoms in total. The van der Waals surface area contributed by atoms with Crippen LogP contribution in [0, 0.1) is 0 Å². The molecule has 1 unspecified atom stereocenters. The molecule has 1 atom stereocenters. The highest BCUT2D eigenvalue weighted by Gasteiger charge is 2.27. The zero-order valence-electron chi connectivity index (χ0n) is 14.2. The Bertz CT molecular complexity index is 555. The molecule has 1 aromatic rings. The summed E-state index contributed by atoms with van der Waals surface area (Å²) < 4.78 is 5.78. The Balaban J connectivity index is 0.00000312. The monoisotopic (exact) mass is 426 g/mol. The fraction of sp³-hybridized carbons (Fsp3) is 0.588. The van der Waals surface area contributed by atoms with Crippen molar-refractivity contribution in [3.05, 3.63) is 28.2 Å². The zero-order valence-corrected chi connectivity index (χ0v) is 17.4. The van der Waals surface area contributed by atoms with Gasteiger partial charge in [0.2, 0.25) is 5.91 Å². The third-order valence-corrected chi connectivity index (χ3v) is 5.82. The molecule has 1 heterocycles. The van der Waals surface area contributed by atoms with Crippen molar-refractivity contribution in [1.29, 1.82) is 0 Å². The predicted molar refractivity (Wildman–Crippen MR) is 108 cm³/mol. The molecule has 1 aliphatic heterocycles. The number of rotatable bonds is 7. The zero-order chi connectivity index (χ0) is 17.5. The Morgan fingerprint density at radius 1 is 1.40 bits per heavy atom. The molecule has 0 spiro atoms. The summed E-state index contributed by atoms with van der Waals surface area (Å²) in [5.74, 6) is 0.136. The van der Waals surface area contributed by atoms with Crippen molar-refractivity contribution in [3.8, 4) is 0 Å². The molecule has 0 saturated carbocycles. The maximum absolute atomic E-state index is 12.6. The molecule has 0 aliphatic carbocycles. The molecule has 0 aromatic heterocycles. The van der Waals surface area contributed by atoms with Crippen LogP contribution < -0.4 is 5.73 Å². The highest BCUT2D eigenvalue weighted by Crippen LogP contribution is 2.33. The molecule has 1 aromatic carbocycles. The van der Waals surface area contributed by atoms with Gasteiger partial charge in [-0.05, 0) is 50.9 Å². The summed E-state index contributed by atoms with van der Waals surface area (Å²) in [5.41, 5.74) is 5.47. The minimum atomic E-state index is -0.198. The standard InChI is InChI=1S/C17H24Cl2N2O2S.ClH/c1-12(24-16-11-13(18)3-4-15(16)19)17(22)21-8-5-14(6-9-21)23-10-2-7-20;/h3-4,11-12,14H,2,5-10,20H2,1H3;1H. The molecule has 25 heavy (non-hydrogen) atoms. The molecule has 1 aliphatic rings. The van der Waals surface area contributed by atoms with Crippen LogP contribution in [0.5, 0.6) is 0 Å². The number of carbonyl (C=O) groups is 1. The minimum Gasteiger partial charge on any atom is -0.378 e. The Kier molecular flexibility index (Phi) is 10.5. The quantitative estimate of drug-likeness (QED) is 0.522. The second-order valence-corrected chi connectivity index (χ2v) is 8.10. The summed E-state index contributed by atoms with van der Waals surface area (Å²) in [6.45, 7) is 4.74. The van der Waals surface area contributed by atoms with E-state index in [0.29, 0.717) is 23.2 Å². The van der Waals surface area contributed by atoms with Crippen LogP contribution in [0.15, 0.2) is 23.1 Å². The molecule has 2 rings (SSSR count). The normalized spacial score (nSPS) is 16.4. The molecule has 1 fully saturated rings. The van der Waals surface area contributed by atoms with E-state index in [2.05, 4.69) is 0 Å². The van der Waals surface area contributed by atoms with E-state index in [9.17, 15) is 4.79 Å². The van der Waals surface area contributed by atoms with E-state index in [4.69, 9.17) is 33.7 Å². The maximum Gasteiger partial charge on any atom is 0.235 e. The topological polar surface area (TPSA) is 55.6 Å². The highest BCUT2D eigenvalue weighted by molar-refractivity contribution is 8.00. The van der Waals surface area contributed by atoms with E-state index < -0.39 is 0 Å². The lowest BCUT2D eigenvalue weighted by atomic mass is 10.1. The van der Waals surface area contributed by atoms with Gasteiger partial charge in [0.1, 0.15) is 0 Å². The second kappa shape index (κ2) is 11.5. The number of halogens is 3. The summed E-state index contributed by atoms with van der Waals surface area (Å²) in [6.07, 6.45) is 2.88. The van der Waals surface area contributed by atoms with E-state index in [1.165, 1.54) is 11.8 Å². The van der Waals surface area contributed by atoms with Crippen molar-refractivity contribution < 1.29 is 9.53 Å². The number of likely N-dealkylation sites (tertiary alicyclic amines) is 1. The summed E-state index contributed by atoms with van der Waals surface area (Å²) >= 11 is 13.6. The van der Waals surface area contributed by atoms with Gasteiger partial charge >= 0.3 is 0 Å². The molecule has 0 radical (unpaired) electrons. The van der Waals surface area contributed by atoms with Crippen LogP contribution in [0.2, 0.25) is 10.0 Å². The van der Waals surface area contributed by atoms with Crippen LogP contribution >= 0.6 is 47.4 Å². The average molecular weight is 428 g/mol. The molecule has 1 amide bonds. The van der Waals surface area contributed by atoms with E-state index in [0.717, 1.165) is 37.2 Å². The number of benzene rings is 1. The minimum absolute atomic E-state index is 0. The maximum atomic E-state index is 12.6. The highest BCUT2D eigenvalue weighted by atomic mass is 35.5. The van der Waals surface area contributed by atoms with E-state index in [1.807, 2.05) is 11.8 Å². The molecule has 2 N–H and O–H groups in total. The van der Waals surface area contributed by atoms with Gasteiger partial charge in [0.25, 0.3) is 0 Å². The third kappa shape index (κ3) is 7.16. The fourth-order valence-electron chi connectivity index (χ4n) is 2.64. The van der Waals surface area contributed by atoms with Crippen molar-refractivity contribution in [2.45, 2.75) is 42.4 Å². The van der Waals surface area contributed by atoms with Crippen LogP contribution in [0.1, 0.15) is 26.2 Å². The van der Waals surface area contributed by atoms with Gasteiger partial charge < -0.3 is 15.4 Å². The number of ether oxygens (including phenoxy) is 1. The molecular weight excluding hydrogens is 403 g/mol. The van der Waals surface area contributed by atoms with Crippen molar-refractivity contribution in [1.82, 2.24) is 4.90 Å². The summed E-state index contributed by atoms with van der Waals surface area (Å²) in [6, 6.07) is 5.30. The van der Waals surface area contributed by atoms with Gasteiger partial charge in [-0.25, -0.2) is 0 Å². The summed E-state index contributed by atoms with van der Waals surface area (Å²) in [4.78, 5) is 15.4. The fourth-order valence-corrected chi connectivity index (χ4v) is 4.14. The Morgan fingerprint density at radius 3 is 2.72 bits per heavy atom. The Hall–Kier alpha value is -0.170. The third-order valence-electron chi connectivity index (χ3n) is 4.00. The first kappa shape index (κ1) is 22.9. The first-order valence-electron chi connectivity index (χ1n) is 8.23. The van der Waals surface area contributed by atoms with Crippen molar-refractivity contribution >= 4 is 53.3 Å². The van der Waals surface area contributed by atoms with Crippen LogP contribution in [0.4, 0.5) is 0 Å². The smallest absolute Gasteiger partial charge is 0.235 e. The number of piperidine rings is 1. The first-order chi connectivity index (χ1) is 11.5. The molecule has 8 heteroatoms. The van der Waals surface area contributed by atoms with Crippen molar-refractivity contribution in [2.24, 2.45) is 5.73 Å². The number of carbonyl (C=O) groups excluding carboxylic acids is 1. The lowest BCUT2D eigenvalue weighted by molar-refractivity contribution is -0.132. The van der Waals surface area contributed by atoms with Crippen molar-refractivity contribution in [3.63, 3.8) is 0 Å². The number of nitrogens with two attached hydrogens (primary N) is 1. The van der Waals surface area contributed by atoms with E-state index >= 15 is 0 Å². The van der Waals surface area contributed by atoms with Crippen LogP contribution in [-0.4, -0.2) is 48.4 Å². The van der Waals surface area contributed by atoms with Gasteiger partial charge in [-0.3, -0.25) is 4.79 Å². The first-order valence-corrected chi connectivity index (χ1v) is 9.87. The summed E-state index contributed by atoms with van der Waals surface area (Å²) in [7, 11) is 0. The average Bonchev–Trinajstić information content (AvgIpc) is 2.58. The molecule has 1 saturated heterocycles. The number of amides is 1. The van der Waals surface area contributed by atoms with E-state index in [1.54, 1.807) is 18.2 Å². The van der Waals surface area contributed by atoms with Crippen LogP contribution in [0.3, 0.4) is 0 Å². The van der Waals surface area contributed by atoms with Gasteiger partial charge in [0, 0.05) is 29.6 Å². The van der Waals surface area contributed by atoms with Gasteiger partial charge in [-0.1, -0.05) is 23.2 Å². The number of nitrogens with zero attached hydrogens (tertiary/aromatic N) is 1. The molecular formula is C17H25Cl3N2O2S. The number of hydrogen-bond donors (Lipinski definition) is 1. The second-order valence-electron chi connectivity index (χ2n) is 5.87. The number of thioether (sulfide) groups is 1. The van der Waals surface area contributed by atoms with E-state index in [-0.39, 0.29) is 29.7 Å². The van der Waals surface area contributed by atoms with Gasteiger partial charge in [-0.2, -0.15) is 0 Å².